The highest BCUT2D eigenvalue weighted by Gasteiger charge is 2.15. The van der Waals surface area contributed by atoms with Crippen molar-refractivity contribution in [1.29, 1.82) is 0 Å². The van der Waals surface area contributed by atoms with E-state index in [0.717, 1.165) is 16.3 Å². The first-order valence-corrected chi connectivity index (χ1v) is 5.33. The molecule has 2 rings (SSSR count). The van der Waals surface area contributed by atoms with Gasteiger partial charge in [0.2, 0.25) is 0 Å². The second-order valence-electron chi connectivity index (χ2n) is 3.92. The van der Waals surface area contributed by atoms with Crippen LogP contribution in [0.1, 0.15) is 9.68 Å². The van der Waals surface area contributed by atoms with Gasteiger partial charge in [-0.3, -0.25) is 4.79 Å². The Morgan fingerprint density at radius 1 is 1.35 bits per heavy atom. The van der Waals surface area contributed by atoms with Crippen molar-refractivity contribution in [3.05, 3.63) is 48.0 Å². The van der Waals surface area contributed by atoms with Gasteiger partial charge in [-0.15, -0.1) is 0 Å². The highest BCUT2D eigenvalue weighted by atomic mass is 16.4. The largest absolute Gasteiger partial charge is 0.480 e. The molecule has 2 aromatic rings. The fraction of sp³-hybridized carbons (Fsp3) is 0.214. The van der Waals surface area contributed by atoms with Crippen LogP contribution in [-0.2, 0) is 11.2 Å². The lowest BCUT2D eigenvalue weighted by Gasteiger charge is -2.11. The SMILES string of the molecule is [2H]C([2H])([2H])NC(Cc1ccc2ccccc2c1)C(=O)O. The van der Waals surface area contributed by atoms with Gasteiger partial charge in [0, 0.05) is 4.11 Å². The highest BCUT2D eigenvalue weighted by molar-refractivity contribution is 5.83. The van der Waals surface area contributed by atoms with Gasteiger partial charge >= 0.3 is 5.97 Å². The Morgan fingerprint density at radius 2 is 2.12 bits per heavy atom. The molecule has 0 heterocycles. The zero-order valence-corrected chi connectivity index (χ0v) is 9.18. The quantitative estimate of drug-likeness (QED) is 0.848. The predicted octanol–water partition coefficient (Wildman–Crippen LogP) is 2.05. The van der Waals surface area contributed by atoms with Crippen molar-refractivity contribution in [1.82, 2.24) is 5.32 Å². The van der Waals surface area contributed by atoms with Crippen LogP contribution in [-0.4, -0.2) is 24.1 Å². The van der Waals surface area contributed by atoms with E-state index in [0.29, 0.717) is 0 Å². The van der Waals surface area contributed by atoms with Crippen molar-refractivity contribution >= 4 is 16.7 Å². The fourth-order valence-electron chi connectivity index (χ4n) is 1.80. The molecule has 0 spiro atoms. The Morgan fingerprint density at radius 3 is 2.82 bits per heavy atom. The lowest BCUT2D eigenvalue weighted by atomic mass is 10.0. The highest BCUT2D eigenvalue weighted by Crippen LogP contribution is 2.16. The minimum Gasteiger partial charge on any atom is -0.480 e. The molecule has 0 radical (unpaired) electrons. The first kappa shape index (κ1) is 8.25. The van der Waals surface area contributed by atoms with Crippen LogP contribution in [0.15, 0.2) is 42.5 Å². The number of aliphatic carboxylic acids is 1. The van der Waals surface area contributed by atoms with Crippen LogP contribution in [0.3, 0.4) is 0 Å². The molecular formula is C14H15NO2. The van der Waals surface area contributed by atoms with E-state index in [1.54, 1.807) is 0 Å². The van der Waals surface area contributed by atoms with E-state index >= 15 is 0 Å². The second-order valence-corrected chi connectivity index (χ2v) is 3.92. The molecule has 3 nitrogen and oxygen atoms in total. The summed E-state index contributed by atoms with van der Waals surface area (Å²) in [6, 6.07) is 12.2. The standard InChI is InChI=1S/C14H15NO2/c1-15-13(14(16)17)9-10-6-7-11-4-2-3-5-12(11)8-10/h2-8,13,15H,9H2,1H3,(H,16,17)/i1D3. The van der Waals surface area contributed by atoms with Crippen LogP contribution in [0, 0.1) is 0 Å². The van der Waals surface area contributed by atoms with Gasteiger partial charge in [-0.25, -0.2) is 0 Å². The summed E-state index contributed by atoms with van der Waals surface area (Å²) in [5.41, 5.74) is 0.785. The molecule has 88 valence electrons. The number of hydrogen-bond acceptors (Lipinski definition) is 2. The molecule has 0 bridgehead atoms. The van der Waals surface area contributed by atoms with Crippen LogP contribution in [0.4, 0.5) is 0 Å². The van der Waals surface area contributed by atoms with E-state index in [1.807, 2.05) is 42.5 Å². The Labute approximate surface area is 104 Å². The molecule has 0 aromatic heterocycles. The number of hydrogen-bond donors (Lipinski definition) is 2. The Balaban J connectivity index is 2.22. The molecule has 17 heavy (non-hydrogen) atoms. The van der Waals surface area contributed by atoms with Crippen molar-refractivity contribution in [3.63, 3.8) is 0 Å². The molecule has 3 heteroatoms. The summed E-state index contributed by atoms with van der Waals surface area (Å²) in [5.74, 6) is -1.17. The molecule has 0 aliphatic rings. The van der Waals surface area contributed by atoms with Crippen molar-refractivity contribution in [2.75, 3.05) is 6.98 Å². The molecule has 0 aliphatic heterocycles. The van der Waals surface area contributed by atoms with Crippen molar-refractivity contribution < 1.29 is 14.0 Å². The number of carboxylic acids is 1. The molecule has 1 atom stereocenters. The monoisotopic (exact) mass is 232 g/mol. The summed E-state index contributed by atoms with van der Waals surface area (Å²) in [4.78, 5) is 11.1. The van der Waals surface area contributed by atoms with Crippen LogP contribution < -0.4 is 5.32 Å². The third kappa shape index (κ3) is 2.63. The van der Waals surface area contributed by atoms with Gasteiger partial charge in [-0.2, -0.15) is 0 Å². The maximum atomic E-state index is 11.1. The summed E-state index contributed by atoms with van der Waals surface area (Å²) in [6.45, 7) is -2.47. The number of carboxylic acid groups (broad SMARTS) is 1. The van der Waals surface area contributed by atoms with E-state index in [9.17, 15) is 4.79 Å². The van der Waals surface area contributed by atoms with Gasteiger partial charge in [0.25, 0.3) is 0 Å². The topological polar surface area (TPSA) is 49.3 Å². The first-order chi connectivity index (χ1) is 9.35. The maximum absolute atomic E-state index is 11.1. The fourth-order valence-corrected chi connectivity index (χ4v) is 1.80. The van der Waals surface area contributed by atoms with Crippen molar-refractivity contribution in [3.8, 4) is 0 Å². The van der Waals surface area contributed by atoms with E-state index < -0.39 is 19.0 Å². The molecule has 1 unspecified atom stereocenters. The van der Waals surface area contributed by atoms with Crippen LogP contribution in [0.5, 0.6) is 0 Å². The lowest BCUT2D eigenvalue weighted by Crippen LogP contribution is -2.35. The summed E-state index contributed by atoms with van der Waals surface area (Å²) >= 11 is 0. The first-order valence-electron chi connectivity index (χ1n) is 6.83. The molecule has 2 N–H and O–H groups in total. The summed E-state index contributed by atoms with van der Waals surface area (Å²) in [6.07, 6.45) is 0.124. The molecule has 0 amide bonds. The van der Waals surface area contributed by atoms with Gasteiger partial charge in [-0.05, 0) is 29.7 Å². The van der Waals surface area contributed by atoms with Crippen LogP contribution >= 0.6 is 0 Å². The molecule has 0 saturated carbocycles. The molecule has 0 saturated heterocycles. The van der Waals surface area contributed by atoms with E-state index in [1.165, 1.54) is 0 Å². The second kappa shape index (κ2) is 4.97. The summed E-state index contributed by atoms with van der Waals surface area (Å²) in [7, 11) is 0. The number of rotatable bonds is 4. The zero-order chi connectivity index (χ0) is 14.8. The molecule has 0 aliphatic carbocycles. The third-order valence-electron chi connectivity index (χ3n) is 2.73. The lowest BCUT2D eigenvalue weighted by molar-refractivity contribution is -0.139. The number of benzene rings is 2. The average molecular weight is 232 g/mol. The van der Waals surface area contributed by atoms with E-state index in [4.69, 9.17) is 9.22 Å². The van der Waals surface area contributed by atoms with Crippen molar-refractivity contribution in [2.45, 2.75) is 12.5 Å². The third-order valence-corrected chi connectivity index (χ3v) is 2.73. The smallest absolute Gasteiger partial charge is 0.321 e. The van der Waals surface area contributed by atoms with Gasteiger partial charge in [0.05, 0.1) is 0 Å². The summed E-state index contributed by atoms with van der Waals surface area (Å²) < 4.78 is 21.3. The van der Waals surface area contributed by atoms with Gasteiger partial charge in [0.1, 0.15) is 6.04 Å². The Kier molecular flexibility index (Phi) is 2.42. The average Bonchev–Trinajstić information content (AvgIpc) is 2.36. The minimum absolute atomic E-state index is 0.124. The molecule has 0 fully saturated rings. The maximum Gasteiger partial charge on any atom is 0.321 e. The van der Waals surface area contributed by atoms with E-state index in [2.05, 4.69) is 5.32 Å². The molecular weight excluding hydrogens is 214 g/mol. The number of carbonyl (C=O) groups is 1. The Hall–Kier alpha value is -1.87. The van der Waals surface area contributed by atoms with Crippen molar-refractivity contribution in [2.24, 2.45) is 0 Å². The Bertz CT molecular complexity index is 625. The van der Waals surface area contributed by atoms with Gasteiger partial charge < -0.3 is 10.4 Å². The predicted molar refractivity (Wildman–Crippen MR) is 68.1 cm³/mol. The summed E-state index contributed by atoms with van der Waals surface area (Å²) in [5, 5.41) is 13.3. The number of nitrogens with one attached hydrogen (secondary N) is 1. The minimum atomic E-state index is -2.47. The van der Waals surface area contributed by atoms with Crippen LogP contribution in [0.25, 0.3) is 10.8 Å². The molecule has 2 aromatic carbocycles. The van der Waals surface area contributed by atoms with E-state index in [-0.39, 0.29) is 6.42 Å². The van der Waals surface area contributed by atoms with Crippen LogP contribution in [0.2, 0.25) is 0 Å². The number of likely N-dealkylation sites (N-methyl/N-ethyl adjacent to an activating group) is 1. The van der Waals surface area contributed by atoms with Gasteiger partial charge in [0.15, 0.2) is 0 Å². The van der Waals surface area contributed by atoms with Gasteiger partial charge in [-0.1, -0.05) is 42.5 Å². The normalized spacial score (nSPS) is 15.9. The zero-order valence-electron chi connectivity index (χ0n) is 12.2. The number of fused-ring (bicyclic) bond motifs is 1.